The predicted molar refractivity (Wildman–Crippen MR) is 152 cm³/mol. The van der Waals surface area contributed by atoms with Gasteiger partial charge in [-0.05, 0) is 102 Å². The fourth-order valence-corrected chi connectivity index (χ4v) is 5.79. The predicted octanol–water partition coefficient (Wildman–Crippen LogP) is 5.64. The van der Waals surface area contributed by atoms with Crippen molar-refractivity contribution >= 4 is 10.9 Å². The number of aromatic nitrogens is 5. The molecular weight excluding hydrogens is 504 g/mol. The van der Waals surface area contributed by atoms with Gasteiger partial charge in [-0.2, -0.15) is 0 Å². The van der Waals surface area contributed by atoms with Gasteiger partial charge in [0.25, 0.3) is 5.56 Å². The van der Waals surface area contributed by atoms with E-state index >= 15 is 0 Å². The van der Waals surface area contributed by atoms with Crippen molar-refractivity contribution in [2.45, 2.75) is 64.7 Å². The molecule has 1 fully saturated rings. The zero-order chi connectivity index (χ0) is 27.6. The van der Waals surface area contributed by atoms with Crippen LogP contribution < -0.4 is 10.3 Å². The molecule has 3 aromatic heterocycles. The number of hydrogen-bond donors (Lipinski definition) is 1. The van der Waals surface area contributed by atoms with Crippen LogP contribution in [0.1, 0.15) is 71.6 Å². The quantitative estimate of drug-likeness (QED) is 0.259. The van der Waals surface area contributed by atoms with Gasteiger partial charge in [-0.1, -0.05) is 25.0 Å². The summed E-state index contributed by atoms with van der Waals surface area (Å²) in [4.78, 5) is 19.2. The summed E-state index contributed by atoms with van der Waals surface area (Å²) in [7, 11) is 1.66. The molecule has 40 heavy (non-hydrogen) atoms. The third kappa shape index (κ3) is 5.16. The van der Waals surface area contributed by atoms with Gasteiger partial charge in [-0.15, -0.1) is 5.10 Å². The van der Waals surface area contributed by atoms with Crippen LogP contribution in [0.15, 0.2) is 70.1 Å². The molecule has 0 aliphatic heterocycles. The average Bonchev–Trinajstić information content (AvgIpc) is 3.74. The molecular formula is C31H34N6O3. The second-order valence-electron chi connectivity index (χ2n) is 10.7. The van der Waals surface area contributed by atoms with E-state index < -0.39 is 6.04 Å². The van der Waals surface area contributed by atoms with Crippen LogP contribution in [-0.2, 0) is 13.1 Å². The largest absolute Gasteiger partial charge is 0.497 e. The van der Waals surface area contributed by atoms with Crippen molar-refractivity contribution in [2.24, 2.45) is 0 Å². The summed E-state index contributed by atoms with van der Waals surface area (Å²) in [5, 5.41) is 14.1. The summed E-state index contributed by atoms with van der Waals surface area (Å²) in [5.41, 5.74) is 4.64. The lowest BCUT2D eigenvalue weighted by molar-refractivity contribution is 0.176. The van der Waals surface area contributed by atoms with Crippen molar-refractivity contribution in [1.29, 1.82) is 0 Å². The van der Waals surface area contributed by atoms with E-state index in [0.717, 1.165) is 59.2 Å². The van der Waals surface area contributed by atoms with E-state index in [1.165, 1.54) is 5.56 Å². The van der Waals surface area contributed by atoms with E-state index in [2.05, 4.69) is 45.3 Å². The van der Waals surface area contributed by atoms with Crippen molar-refractivity contribution in [3.05, 3.63) is 105 Å². The Balaban J connectivity index is 1.52. The molecule has 0 radical (unpaired) electrons. The van der Waals surface area contributed by atoms with E-state index in [-0.39, 0.29) is 11.6 Å². The highest BCUT2D eigenvalue weighted by Crippen LogP contribution is 2.35. The lowest BCUT2D eigenvalue weighted by atomic mass is 9.99. The second-order valence-corrected chi connectivity index (χ2v) is 10.7. The van der Waals surface area contributed by atoms with Gasteiger partial charge in [0, 0.05) is 17.6 Å². The zero-order valence-electron chi connectivity index (χ0n) is 23.1. The van der Waals surface area contributed by atoms with Gasteiger partial charge in [0.1, 0.15) is 17.6 Å². The van der Waals surface area contributed by atoms with Gasteiger partial charge >= 0.3 is 0 Å². The molecule has 206 valence electrons. The molecule has 0 amide bonds. The van der Waals surface area contributed by atoms with E-state index in [4.69, 9.17) is 9.15 Å². The molecule has 5 aromatic rings. The SMILES string of the molecule is COc1ccc(CN(Cc2ccco2)[C@@H](c2cc3cc(C)c(C)cc3[nH]c2=O)c2nnnn2C2CCCC2)cc1. The summed E-state index contributed by atoms with van der Waals surface area (Å²) >= 11 is 0. The molecule has 3 heterocycles. The number of aryl methyl sites for hydroxylation is 2. The van der Waals surface area contributed by atoms with Crippen LogP contribution >= 0.6 is 0 Å². The molecule has 0 spiro atoms. The maximum absolute atomic E-state index is 13.8. The van der Waals surface area contributed by atoms with Gasteiger partial charge in [-0.25, -0.2) is 4.68 Å². The first-order valence-electron chi connectivity index (χ1n) is 13.8. The van der Waals surface area contributed by atoms with Crippen molar-refractivity contribution in [1.82, 2.24) is 30.1 Å². The Morgan fingerprint density at radius 1 is 1.07 bits per heavy atom. The monoisotopic (exact) mass is 538 g/mol. The molecule has 1 aliphatic rings. The lowest BCUT2D eigenvalue weighted by Gasteiger charge is -2.31. The summed E-state index contributed by atoms with van der Waals surface area (Å²) in [6.07, 6.45) is 6.01. The van der Waals surface area contributed by atoms with Crippen molar-refractivity contribution < 1.29 is 9.15 Å². The Labute approximate surface area is 232 Å². The van der Waals surface area contributed by atoms with Crippen molar-refractivity contribution in [2.75, 3.05) is 7.11 Å². The number of furan rings is 1. The standard InChI is InChI=1S/C31H34N6O3/c1-20-15-23-17-27(31(38)32-28(23)16-21(20)2)29(30-33-34-35-37(30)24-7-4-5-8-24)36(19-26-9-6-14-40-26)18-22-10-12-25(39-3)13-11-22/h6,9-17,24,29H,4-5,7-8,18-19H2,1-3H3,(H,32,38)/t29-/m0/s1. The Bertz CT molecular complexity index is 1650. The molecule has 9 heteroatoms. The number of pyridine rings is 1. The zero-order valence-corrected chi connectivity index (χ0v) is 23.1. The van der Waals surface area contributed by atoms with Crippen LogP contribution in [0.3, 0.4) is 0 Å². The fourth-order valence-electron chi connectivity index (χ4n) is 5.79. The number of methoxy groups -OCH3 is 1. The number of fused-ring (bicyclic) bond motifs is 1. The summed E-state index contributed by atoms with van der Waals surface area (Å²) < 4.78 is 13.1. The fraction of sp³-hybridized carbons (Fsp3) is 0.355. The molecule has 2 aromatic carbocycles. The molecule has 0 saturated heterocycles. The second kappa shape index (κ2) is 11.1. The Morgan fingerprint density at radius 2 is 1.85 bits per heavy atom. The Hall–Kier alpha value is -4.24. The molecule has 1 saturated carbocycles. The molecule has 0 bridgehead atoms. The van der Waals surface area contributed by atoms with Crippen LogP contribution in [-0.4, -0.2) is 37.2 Å². The minimum atomic E-state index is -0.516. The van der Waals surface area contributed by atoms with Crippen LogP contribution in [0.25, 0.3) is 10.9 Å². The summed E-state index contributed by atoms with van der Waals surface area (Å²) in [6, 6.07) is 17.7. The smallest absolute Gasteiger partial charge is 0.253 e. The normalized spacial score (nSPS) is 14.8. The molecule has 6 rings (SSSR count). The minimum Gasteiger partial charge on any atom is -0.497 e. The molecule has 0 unspecified atom stereocenters. The third-order valence-electron chi connectivity index (χ3n) is 8.06. The van der Waals surface area contributed by atoms with Gasteiger partial charge in [-0.3, -0.25) is 9.69 Å². The third-order valence-corrected chi connectivity index (χ3v) is 8.06. The number of aromatic amines is 1. The number of H-pyrrole nitrogens is 1. The number of tetrazole rings is 1. The highest BCUT2D eigenvalue weighted by atomic mass is 16.5. The average molecular weight is 539 g/mol. The van der Waals surface area contributed by atoms with E-state index in [1.807, 2.05) is 53.2 Å². The highest BCUT2D eigenvalue weighted by Gasteiger charge is 2.34. The maximum atomic E-state index is 13.8. The van der Waals surface area contributed by atoms with E-state index in [9.17, 15) is 4.79 Å². The van der Waals surface area contributed by atoms with Gasteiger partial charge < -0.3 is 14.1 Å². The molecule has 1 atom stereocenters. The van der Waals surface area contributed by atoms with E-state index in [0.29, 0.717) is 24.5 Å². The highest BCUT2D eigenvalue weighted by molar-refractivity contribution is 5.81. The Kier molecular flexibility index (Phi) is 7.21. The summed E-state index contributed by atoms with van der Waals surface area (Å²) in [5.74, 6) is 2.25. The number of hydrogen-bond acceptors (Lipinski definition) is 7. The first kappa shape index (κ1) is 26.0. The van der Waals surface area contributed by atoms with Crippen molar-refractivity contribution in [3.8, 4) is 5.75 Å². The van der Waals surface area contributed by atoms with Crippen molar-refractivity contribution in [3.63, 3.8) is 0 Å². The van der Waals surface area contributed by atoms with Crippen LogP contribution in [0, 0.1) is 13.8 Å². The van der Waals surface area contributed by atoms with Gasteiger partial charge in [0.05, 0.1) is 26.0 Å². The molecule has 1 N–H and O–H groups in total. The number of nitrogens with one attached hydrogen (secondary N) is 1. The van der Waals surface area contributed by atoms with Crippen LogP contribution in [0.2, 0.25) is 0 Å². The number of ether oxygens (including phenoxy) is 1. The van der Waals surface area contributed by atoms with Crippen LogP contribution in [0.5, 0.6) is 5.75 Å². The molecule has 1 aliphatic carbocycles. The molecule has 9 nitrogen and oxygen atoms in total. The van der Waals surface area contributed by atoms with E-state index in [1.54, 1.807) is 13.4 Å². The number of nitrogens with zero attached hydrogens (tertiary/aromatic N) is 5. The lowest BCUT2D eigenvalue weighted by Crippen LogP contribution is -2.35. The van der Waals surface area contributed by atoms with Crippen LogP contribution in [0.4, 0.5) is 0 Å². The first-order valence-corrected chi connectivity index (χ1v) is 13.8. The maximum Gasteiger partial charge on any atom is 0.253 e. The summed E-state index contributed by atoms with van der Waals surface area (Å²) in [6.45, 7) is 5.15. The Morgan fingerprint density at radius 3 is 2.58 bits per heavy atom. The minimum absolute atomic E-state index is 0.152. The first-order chi connectivity index (χ1) is 19.5. The van der Waals surface area contributed by atoms with Gasteiger partial charge in [0.15, 0.2) is 5.82 Å². The topological polar surface area (TPSA) is 102 Å². The number of benzene rings is 2. The van der Waals surface area contributed by atoms with Gasteiger partial charge in [0.2, 0.25) is 0 Å². The number of rotatable bonds is 9.